The SMILES string of the molecule is Cc1ncc(C(=O)NCC[C@@H](C)[S@@](C)=O)c(Cl)c1Cl. The number of pyridine rings is 1. The van der Waals surface area contributed by atoms with Crippen molar-refractivity contribution < 1.29 is 9.00 Å². The van der Waals surface area contributed by atoms with Gasteiger partial charge in [0.25, 0.3) is 5.91 Å². The summed E-state index contributed by atoms with van der Waals surface area (Å²) in [7, 11) is -0.891. The number of hydrogen-bond donors (Lipinski definition) is 1. The first-order valence-electron chi connectivity index (χ1n) is 5.75. The van der Waals surface area contributed by atoms with Gasteiger partial charge in [-0.1, -0.05) is 30.1 Å². The van der Waals surface area contributed by atoms with Gasteiger partial charge >= 0.3 is 0 Å². The summed E-state index contributed by atoms with van der Waals surface area (Å²) in [5.41, 5.74) is 0.834. The second kappa shape index (κ2) is 7.22. The molecule has 0 aliphatic heterocycles. The van der Waals surface area contributed by atoms with Crippen LogP contribution in [0.2, 0.25) is 10.0 Å². The number of aryl methyl sites for hydroxylation is 1. The summed E-state index contributed by atoms with van der Waals surface area (Å²) >= 11 is 11.9. The van der Waals surface area contributed by atoms with E-state index < -0.39 is 10.8 Å². The third-order valence-electron chi connectivity index (χ3n) is 2.78. The Balaban J connectivity index is 2.65. The minimum Gasteiger partial charge on any atom is -0.352 e. The van der Waals surface area contributed by atoms with Crippen LogP contribution in [0.15, 0.2) is 6.20 Å². The average molecular weight is 323 g/mol. The van der Waals surface area contributed by atoms with Crippen LogP contribution in [0.4, 0.5) is 0 Å². The monoisotopic (exact) mass is 322 g/mol. The third kappa shape index (κ3) is 4.44. The first-order chi connectivity index (χ1) is 8.84. The van der Waals surface area contributed by atoms with Gasteiger partial charge in [-0.3, -0.25) is 14.0 Å². The van der Waals surface area contributed by atoms with E-state index in [9.17, 15) is 9.00 Å². The Hall–Kier alpha value is -0.650. The van der Waals surface area contributed by atoms with Crippen molar-refractivity contribution in [2.24, 2.45) is 0 Å². The lowest BCUT2D eigenvalue weighted by Crippen LogP contribution is -2.28. The quantitative estimate of drug-likeness (QED) is 0.906. The largest absolute Gasteiger partial charge is 0.352 e. The second-order valence-corrected chi connectivity index (χ2v) is 6.80. The summed E-state index contributed by atoms with van der Waals surface area (Å²) in [6, 6.07) is 0. The fourth-order valence-electron chi connectivity index (χ4n) is 1.36. The fourth-order valence-corrected chi connectivity index (χ4v) is 2.23. The molecule has 1 rings (SSSR count). The smallest absolute Gasteiger partial charge is 0.254 e. The van der Waals surface area contributed by atoms with E-state index in [-0.39, 0.29) is 26.8 Å². The maximum atomic E-state index is 11.9. The molecule has 0 fully saturated rings. The van der Waals surface area contributed by atoms with Crippen LogP contribution in [0.3, 0.4) is 0 Å². The standard InChI is InChI=1S/C12H16Cl2N2O2S/c1-7(19(3)18)4-5-15-12(17)9-6-16-8(2)10(13)11(9)14/h6-7H,4-5H2,1-3H3,(H,15,17)/t7-,19-/m1/s1. The van der Waals surface area contributed by atoms with E-state index >= 15 is 0 Å². The number of hydrogen-bond acceptors (Lipinski definition) is 3. The van der Waals surface area contributed by atoms with E-state index in [0.717, 1.165) is 0 Å². The van der Waals surface area contributed by atoms with Gasteiger partial charge in [0.1, 0.15) is 0 Å². The molecule has 0 aromatic carbocycles. The van der Waals surface area contributed by atoms with Gasteiger partial charge in [0.2, 0.25) is 0 Å². The van der Waals surface area contributed by atoms with Crippen molar-refractivity contribution in [3.05, 3.63) is 27.5 Å². The Morgan fingerprint density at radius 3 is 2.68 bits per heavy atom. The predicted octanol–water partition coefficient (Wildman–Crippen LogP) is 2.58. The van der Waals surface area contributed by atoms with Crippen LogP contribution < -0.4 is 5.32 Å². The molecule has 0 unspecified atom stereocenters. The molecule has 0 aliphatic rings. The van der Waals surface area contributed by atoms with Crippen molar-refractivity contribution in [3.8, 4) is 0 Å². The van der Waals surface area contributed by atoms with E-state index in [2.05, 4.69) is 10.3 Å². The van der Waals surface area contributed by atoms with Crippen molar-refractivity contribution in [1.29, 1.82) is 0 Å². The molecule has 4 nitrogen and oxygen atoms in total. The molecular formula is C12H16Cl2N2O2S. The Labute approximate surface area is 125 Å². The minimum atomic E-state index is -0.891. The fraction of sp³-hybridized carbons (Fsp3) is 0.500. The molecule has 19 heavy (non-hydrogen) atoms. The highest BCUT2D eigenvalue weighted by molar-refractivity contribution is 7.84. The summed E-state index contributed by atoms with van der Waals surface area (Å²) in [5, 5.41) is 3.25. The number of nitrogens with zero attached hydrogens (tertiary/aromatic N) is 1. The number of carbonyl (C=O) groups is 1. The van der Waals surface area contributed by atoms with E-state index in [1.54, 1.807) is 13.2 Å². The Morgan fingerprint density at radius 2 is 2.11 bits per heavy atom. The molecule has 7 heteroatoms. The first-order valence-corrected chi connectivity index (χ1v) is 8.13. The Bertz CT molecular complexity index is 509. The third-order valence-corrected chi connectivity index (χ3v) is 5.10. The van der Waals surface area contributed by atoms with Crippen LogP contribution in [-0.4, -0.2) is 33.2 Å². The molecular weight excluding hydrogens is 307 g/mol. The number of carbonyl (C=O) groups excluding carboxylic acids is 1. The van der Waals surface area contributed by atoms with Crippen molar-refractivity contribution in [1.82, 2.24) is 10.3 Å². The van der Waals surface area contributed by atoms with Crippen LogP contribution in [0.1, 0.15) is 29.4 Å². The minimum absolute atomic E-state index is 0.0375. The summed E-state index contributed by atoms with van der Waals surface area (Å²) in [6.45, 7) is 4.02. The summed E-state index contributed by atoms with van der Waals surface area (Å²) < 4.78 is 11.2. The van der Waals surface area contributed by atoms with Gasteiger partial charge in [0, 0.05) is 35.0 Å². The highest BCUT2D eigenvalue weighted by Gasteiger charge is 2.15. The van der Waals surface area contributed by atoms with Crippen LogP contribution in [0, 0.1) is 6.92 Å². The zero-order chi connectivity index (χ0) is 14.6. The van der Waals surface area contributed by atoms with E-state index in [1.807, 2.05) is 6.92 Å². The highest BCUT2D eigenvalue weighted by atomic mass is 35.5. The summed E-state index contributed by atoms with van der Waals surface area (Å²) in [6.07, 6.45) is 3.69. The second-order valence-electron chi connectivity index (χ2n) is 4.24. The molecule has 1 N–H and O–H groups in total. The van der Waals surface area contributed by atoms with Crippen molar-refractivity contribution >= 4 is 39.9 Å². The number of nitrogens with one attached hydrogen (secondary N) is 1. The molecule has 0 spiro atoms. The molecule has 1 amide bonds. The van der Waals surface area contributed by atoms with Crippen molar-refractivity contribution in [2.45, 2.75) is 25.5 Å². The molecule has 1 aromatic heterocycles. The lowest BCUT2D eigenvalue weighted by atomic mass is 10.2. The van der Waals surface area contributed by atoms with Crippen LogP contribution in [-0.2, 0) is 10.8 Å². The van der Waals surface area contributed by atoms with Crippen LogP contribution in [0.5, 0.6) is 0 Å². The topological polar surface area (TPSA) is 59.1 Å². The Morgan fingerprint density at radius 1 is 1.47 bits per heavy atom. The van der Waals surface area contributed by atoms with Gasteiger partial charge in [-0.25, -0.2) is 0 Å². The van der Waals surface area contributed by atoms with Crippen LogP contribution >= 0.6 is 23.2 Å². The van der Waals surface area contributed by atoms with Crippen molar-refractivity contribution in [3.63, 3.8) is 0 Å². The van der Waals surface area contributed by atoms with E-state index in [1.165, 1.54) is 6.20 Å². The number of amides is 1. The zero-order valence-corrected chi connectivity index (χ0v) is 13.3. The maximum absolute atomic E-state index is 11.9. The average Bonchev–Trinajstić information content (AvgIpc) is 2.35. The Kier molecular flexibility index (Phi) is 6.23. The van der Waals surface area contributed by atoms with E-state index in [0.29, 0.717) is 18.7 Å². The number of aromatic nitrogens is 1. The molecule has 106 valence electrons. The molecule has 1 heterocycles. The molecule has 0 radical (unpaired) electrons. The van der Waals surface area contributed by atoms with Crippen molar-refractivity contribution in [2.75, 3.05) is 12.8 Å². The predicted molar refractivity (Wildman–Crippen MR) is 79.5 cm³/mol. The molecule has 0 saturated heterocycles. The number of halogens is 2. The van der Waals surface area contributed by atoms with E-state index in [4.69, 9.17) is 23.2 Å². The van der Waals surface area contributed by atoms with Gasteiger partial charge in [-0.05, 0) is 13.3 Å². The maximum Gasteiger partial charge on any atom is 0.254 e. The molecule has 2 atom stereocenters. The molecule has 0 saturated carbocycles. The summed E-state index contributed by atoms with van der Waals surface area (Å²) in [5.74, 6) is -0.325. The zero-order valence-electron chi connectivity index (χ0n) is 11.0. The first kappa shape index (κ1) is 16.4. The van der Waals surface area contributed by atoms with Gasteiger partial charge < -0.3 is 5.32 Å². The van der Waals surface area contributed by atoms with Gasteiger partial charge in [-0.15, -0.1) is 0 Å². The molecule has 0 aliphatic carbocycles. The van der Waals surface area contributed by atoms with Crippen LogP contribution in [0.25, 0.3) is 0 Å². The molecule has 1 aromatic rings. The highest BCUT2D eigenvalue weighted by Crippen LogP contribution is 2.27. The molecule has 0 bridgehead atoms. The number of rotatable bonds is 5. The van der Waals surface area contributed by atoms with Gasteiger partial charge in [0.15, 0.2) is 0 Å². The lowest BCUT2D eigenvalue weighted by Gasteiger charge is -2.10. The van der Waals surface area contributed by atoms with Gasteiger partial charge in [-0.2, -0.15) is 0 Å². The lowest BCUT2D eigenvalue weighted by molar-refractivity contribution is 0.0953. The van der Waals surface area contributed by atoms with Gasteiger partial charge in [0.05, 0.1) is 21.3 Å². The summed E-state index contributed by atoms with van der Waals surface area (Å²) in [4.78, 5) is 15.9. The normalized spacial score (nSPS) is 13.9.